The highest BCUT2D eigenvalue weighted by molar-refractivity contribution is 9.10. The molecule has 2 nitrogen and oxygen atoms in total. The largest absolute Gasteiger partial charge is 0.469 e. The summed E-state index contributed by atoms with van der Waals surface area (Å²) in [7, 11) is 0. The molecule has 16 heavy (non-hydrogen) atoms. The molecule has 0 saturated heterocycles. The summed E-state index contributed by atoms with van der Waals surface area (Å²) in [6.45, 7) is 0.627. The molecule has 3 heteroatoms. The average Bonchev–Trinajstić information content (AvgIpc) is 2.80. The number of furan rings is 1. The van der Waals surface area contributed by atoms with Crippen molar-refractivity contribution < 1.29 is 4.42 Å². The summed E-state index contributed by atoms with van der Waals surface area (Å²) in [6, 6.07) is 12.2. The predicted molar refractivity (Wildman–Crippen MR) is 68.3 cm³/mol. The van der Waals surface area contributed by atoms with Gasteiger partial charge >= 0.3 is 0 Å². The van der Waals surface area contributed by atoms with Crippen LogP contribution in [0.2, 0.25) is 0 Å². The van der Waals surface area contributed by atoms with Crippen molar-refractivity contribution in [1.29, 1.82) is 0 Å². The fraction of sp³-hybridized carbons (Fsp3) is 0.231. The van der Waals surface area contributed by atoms with Crippen LogP contribution in [0.3, 0.4) is 0 Å². The molecule has 84 valence electrons. The van der Waals surface area contributed by atoms with Crippen molar-refractivity contribution in [2.24, 2.45) is 5.73 Å². The summed E-state index contributed by atoms with van der Waals surface area (Å²) in [5.74, 6) is 1.30. The molecule has 0 fully saturated rings. The summed E-state index contributed by atoms with van der Waals surface area (Å²) >= 11 is 3.43. The Bertz CT molecular complexity index is 422. The molecule has 0 amide bonds. The molecule has 0 radical (unpaired) electrons. The summed E-state index contributed by atoms with van der Waals surface area (Å²) < 4.78 is 6.43. The van der Waals surface area contributed by atoms with Gasteiger partial charge in [0.1, 0.15) is 5.76 Å². The van der Waals surface area contributed by atoms with Crippen molar-refractivity contribution in [2.45, 2.75) is 12.3 Å². The number of hydrogen-bond acceptors (Lipinski definition) is 2. The highest BCUT2D eigenvalue weighted by Gasteiger charge is 2.11. The Hall–Kier alpha value is -1.06. The first-order chi connectivity index (χ1) is 7.79. The first-order valence-corrected chi connectivity index (χ1v) is 6.07. The average molecular weight is 280 g/mol. The topological polar surface area (TPSA) is 39.2 Å². The molecular weight excluding hydrogens is 266 g/mol. The van der Waals surface area contributed by atoms with Crippen LogP contribution < -0.4 is 5.73 Å². The number of hydrogen-bond donors (Lipinski definition) is 1. The van der Waals surface area contributed by atoms with Crippen molar-refractivity contribution in [3.63, 3.8) is 0 Å². The summed E-state index contributed by atoms with van der Waals surface area (Å²) in [5, 5.41) is 0. The van der Waals surface area contributed by atoms with Gasteiger partial charge in [-0.1, -0.05) is 28.1 Å². The maximum absolute atomic E-state index is 5.81. The first kappa shape index (κ1) is 11.4. The van der Waals surface area contributed by atoms with Crippen LogP contribution in [-0.2, 0) is 6.42 Å². The molecule has 0 spiro atoms. The third kappa shape index (κ3) is 2.74. The molecule has 2 aromatic rings. The van der Waals surface area contributed by atoms with Gasteiger partial charge in [0, 0.05) is 16.8 Å². The minimum absolute atomic E-state index is 0.319. The van der Waals surface area contributed by atoms with Gasteiger partial charge in [-0.2, -0.15) is 0 Å². The van der Waals surface area contributed by atoms with E-state index in [2.05, 4.69) is 28.1 Å². The van der Waals surface area contributed by atoms with Gasteiger partial charge in [0.2, 0.25) is 0 Å². The Kier molecular flexibility index (Phi) is 3.80. The Labute approximate surface area is 104 Å². The van der Waals surface area contributed by atoms with E-state index in [1.165, 1.54) is 5.56 Å². The Morgan fingerprint density at radius 1 is 1.19 bits per heavy atom. The van der Waals surface area contributed by atoms with Gasteiger partial charge in [-0.3, -0.25) is 0 Å². The highest BCUT2D eigenvalue weighted by Crippen LogP contribution is 2.22. The van der Waals surface area contributed by atoms with Crippen LogP contribution in [0.5, 0.6) is 0 Å². The van der Waals surface area contributed by atoms with Gasteiger partial charge in [-0.25, -0.2) is 0 Å². The summed E-state index contributed by atoms with van der Waals surface area (Å²) in [5.41, 5.74) is 7.06. The third-order valence-electron chi connectivity index (χ3n) is 2.65. The van der Waals surface area contributed by atoms with E-state index >= 15 is 0 Å². The number of nitrogens with two attached hydrogens (primary N) is 1. The van der Waals surface area contributed by atoms with Gasteiger partial charge in [-0.05, 0) is 36.4 Å². The maximum atomic E-state index is 5.81. The van der Waals surface area contributed by atoms with E-state index in [1.807, 2.05) is 24.3 Å². The van der Waals surface area contributed by atoms with Crippen molar-refractivity contribution in [3.8, 4) is 0 Å². The Morgan fingerprint density at radius 3 is 2.50 bits per heavy atom. The molecule has 0 aliphatic carbocycles. The second kappa shape index (κ2) is 5.32. The normalized spacial score (nSPS) is 12.6. The standard InChI is InChI=1S/C13H14BrNO/c14-12-5-3-10(4-6-12)11(9-15)8-13-2-1-7-16-13/h1-7,11H,8-9,15H2. The van der Waals surface area contributed by atoms with Crippen LogP contribution in [0.4, 0.5) is 0 Å². The number of benzene rings is 1. The molecule has 0 bridgehead atoms. The smallest absolute Gasteiger partial charge is 0.104 e. The summed E-state index contributed by atoms with van der Waals surface area (Å²) in [6.07, 6.45) is 2.55. The van der Waals surface area contributed by atoms with E-state index in [-0.39, 0.29) is 0 Å². The Morgan fingerprint density at radius 2 is 1.94 bits per heavy atom. The van der Waals surface area contributed by atoms with Crippen LogP contribution in [-0.4, -0.2) is 6.54 Å². The minimum Gasteiger partial charge on any atom is -0.469 e. The zero-order valence-electron chi connectivity index (χ0n) is 8.90. The van der Waals surface area contributed by atoms with Crippen molar-refractivity contribution in [3.05, 3.63) is 58.5 Å². The lowest BCUT2D eigenvalue weighted by Gasteiger charge is -2.13. The van der Waals surface area contributed by atoms with Crippen LogP contribution in [0.15, 0.2) is 51.6 Å². The summed E-state index contributed by atoms with van der Waals surface area (Å²) in [4.78, 5) is 0. The lowest BCUT2D eigenvalue weighted by Crippen LogP contribution is -2.14. The van der Waals surface area contributed by atoms with E-state index in [0.29, 0.717) is 12.5 Å². The molecule has 0 aliphatic rings. The second-order valence-electron chi connectivity index (χ2n) is 3.77. The monoisotopic (exact) mass is 279 g/mol. The molecule has 1 aromatic heterocycles. The van der Waals surface area contributed by atoms with Crippen molar-refractivity contribution in [1.82, 2.24) is 0 Å². The fourth-order valence-corrected chi connectivity index (χ4v) is 2.01. The molecule has 1 heterocycles. The van der Waals surface area contributed by atoms with Crippen LogP contribution in [0.1, 0.15) is 17.2 Å². The first-order valence-electron chi connectivity index (χ1n) is 5.27. The molecule has 2 rings (SSSR count). The van der Waals surface area contributed by atoms with Crippen molar-refractivity contribution >= 4 is 15.9 Å². The zero-order chi connectivity index (χ0) is 11.4. The van der Waals surface area contributed by atoms with E-state index in [9.17, 15) is 0 Å². The van der Waals surface area contributed by atoms with Crippen LogP contribution in [0, 0.1) is 0 Å². The van der Waals surface area contributed by atoms with E-state index < -0.39 is 0 Å². The molecule has 1 unspecified atom stereocenters. The Balaban J connectivity index is 2.13. The molecule has 1 atom stereocenters. The van der Waals surface area contributed by atoms with Gasteiger partial charge in [0.05, 0.1) is 6.26 Å². The maximum Gasteiger partial charge on any atom is 0.104 e. The van der Waals surface area contributed by atoms with E-state index in [1.54, 1.807) is 6.26 Å². The fourth-order valence-electron chi connectivity index (χ4n) is 1.74. The van der Waals surface area contributed by atoms with Crippen LogP contribution in [0.25, 0.3) is 0 Å². The molecule has 0 saturated carbocycles. The predicted octanol–water partition coefficient (Wildman–Crippen LogP) is 3.33. The minimum atomic E-state index is 0.319. The van der Waals surface area contributed by atoms with E-state index in [4.69, 9.17) is 10.2 Å². The molecule has 0 aliphatic heterocycles. The van der Waals surface area contributed by atoms with Gasteiger partial charge in [-0.15, -0.1) is 0 Å². The number of rotatable bonds is 4. The van der Waals surface area contributed by atoms with Gasteiger partial charge in [0.25, 0.3) is 0 Å². The van der Waals surface area contributed by atoms with Crippen LogP contribution >= 0.6 is 15.9 Å². The molecular formula is C13H14BrNO. The molecule has 1 aromatic carbocycles. The number of halogens is 1. The molecule has 2 N–H and O–H groups in total. The van der Waals surface area contributed by atoms with E-state index in [0.717, 1.165) is 16.7 Å². The lowest BCUT2D eigenvalue weighted by atomic mass is 9.95. The SMILES string of the molecule is NCC(Cc1ccco1)c1ccc(Br)cc1. The zero-order valence-corrected chi connectivity index (χ0v) is 10.5. The second-order valence-corrected chi connectivity index (χ2v) is 4.68. The highest BCUT2D eigenvalue weighted by atomic mass is 79.9. The van der Waals surface area contributed by atoms with Gasteiger partial charge < -0.3 is 10.2 Å². The quantitative estimate of drug-likeness (QED) is 0.933. The third-order valence-corrected chi connectivity index (χ3v) is 3.18. The van der Waals surface area contributed by atoms with Crippen molar-refractivity contribution in [2.75, 3.05) is 6.54 Å². The van der Waals surface area contributed by atoms with Gasteiger partial charge in [0.15, 0.2) is 0 Å². The lowest BCUT2D eigenvalue weighted by molar-refractivity contribution is 0.487.